The van der Waals surface area contributed by atoms with Gasteiger partial charge in [-0.3, -0.25) is 0 Å². The average molecular weight is 443 g/mol. The number of aromatic nitrogens is 7. The van der Waals surface area contributed by atoms with Crippen molar-refractivity contribution in [2.45, 2.75) is 26.3 Å². The molecule has 0 atom stereocenters. The van der Waals surface area contributed by atoms with Gasteiger partial charge < -0.3 is 10.3 Å². The molecule has 0 aliphatic heterocycles. The number of nitrogens with zero attached hydrogens (tertiary/aromatic N) is 7. The number of benzene rings is 2. The van der Waals surface area contributed by atoms with Crippen LogP contribution in [0, 0.1) is 5.82 Å². The monoisotopic (exact) mass is 442 g/mol. The lowest BCUT2D eigenvalue weighted by Gasteiger charge is -2.25. The van der Waals surface area contributed by atoms with Gasteiger partial charge in [-0.15, -0.1) is 0 Å². The van der Waals surface area contributed by atoms with Crippen LogP contribution in [-0.4, -0.2) is 34.3 Å². The Labute approximate surface area is 190 Å². The molecule has 0 aliphatic carbocycles. The van der Waals surface area contributed by atoms with Crippen molar-refractivity contribution in [2.24, 2.45) is 7.05 Å². The van der Waals surface area contributed by atoms with Crippen molar-refractivity contribution in [3.8, 4) is 33.9 Å². The van der Waals surface area contributed by atoms with Gasteiger partial charge in [0.15, 0.2) is 5.82 Å². The second-order valence-corrected chi connectivity index (χ2v) is 8.87. The Kier molecular flexibility index (Phi) is 4.70. The number of anilines is 1. The van der Waals surface area contributed by atoms with Crippen molar-refractivity contribution in [3.05, 3.63) is 60.9 Å². The van der Waals surface area contributed by atoms with Crippen molar-refractivity contribution in [2.75, 3.05) is 5.73 Å². The number of imidazole rings is 1. The largest absolute Gasteiger partial charge is 0.368 e. The molecule has 9 heteroatoms. The van der Waals surface area contributed by atoms with Gasteiger partial charge in [0.2, 0.25) is 5.95 Å². The van der Waals surface area contributed by atoms with Gasteiger partial charge in [0.25, 0.3) is 0 Å². The van der Waals surface area contributed by atoms with Gasteiger partial charge in [-0.1, -0.05) is 6.07 Å². The summed E-state index contributed by atoms with van der Waals surface area (Å²) in [6, 6.07) is 10.7. The minimum atomic E-state index is -0.346. The molecule has 0 bridgehead atoms. The second kappa shape index (κ2) is 7.47. The molecule has 0 fully saturated rings. The van der Waals surface area contributed by atoms with E-state index >= 15 is 0 Å². The molecule has 0 unspecified atom stereocenters. The summed E-state index contributed by atoms with van der Waals surface area (Å²) in [6.45, 7) is 6.35. The highest BCUT2D eigenvalue weighted by molar-refractivity contribution is 5.88. The molecule has 0 saturated carbocycles. The summed E-state index contributed by atoms with van der Waals surface area (Å²) < 4.78 is 18.1. The molecule has 2 aromatic carbocycles. The Morgan fingerprint density at radius 2 is 1.64 bits per heavy atom. The normalized spacial score (nSPS) is 11.9. The van der Waals surface area contributed by atoms with Crippen LogP contribution in [0.1, 0.15) is 20.8 Å². The van der Waals surface area contributed by atoms with Gasteiger partial charge in [-0.05, 0) is 56.7 Å². The van der Waals surface area contributed by atoms with E-state index in [4.69, 9.17) is 10.7 Å². The van der Waals surface area contributed by atoms with E-state index in [1.807, 2.05) is 18.2 Å². The van der Waals surface area contributed by atoms with Crippen LogP contribution in [0.3, 0.4) is 0 Å². The topological polar surface area (TPSA) is 100 Å². The lowest BCUT2D eigenvalue weighted by molar-refractivity contribution is 0.413. The van der Waals surface area contributed by atoms with Crippen molar-refractivity contribution in [1.29, 1.82) is 0 Å². The van der Waals surface area contributed by atoms with E-state index in [1.54, 1.807) is 30.2 Å². The zero-order valence-corrected chi connectivity index (χ0v) is 18.8. The minimum absolute atomic E-state index is 0.228. The molecular formula is C24H23FN8. The highest BCUT2D eigenvalue weighted by Crippen LogP contribution is 2.37. The number of nitrogen functional groups attached to an aromatic ring is 1. The van der Waals surface area contributed by atoms with Gasteiger partial charge in [0.1, 0.15) is 18.0 Å². The van der Waals surface area contributed by atoms with Crippen LogP contribution in [0.5, 0.6) is 0 Å². The van der Waals surface area contributed by atoms with Crippen LogP contribution in [0.15, 0.2) is 55.1 Å². The third-order valence-electron chi connectivity index (χ3n) is 5.51. The molecule has 33 heavy (non-hydrogen) atoms. The van der Waals surface area contributed by atoms with E-state index in [-0.39, 0.29) is 17.3 Å². The van der Waals surface area contributed by atoms with Crippen LogP contribution in [0.4, 0.5) is 10.3 Å². The van der Waals surface area contributed by atoms with E-state index in [0.717, 1.165) is 33.5 Å². The highest BCUT2D eigenvalue weighted by atomic mass is 19.1. The number of nitrogens with two attached hydrogens (primary N) is 1. The molecule has 0 radical (unpaired) electrons. The molecule has 3 aromatic heterocycles. The van der Waals surface area contributed by atoms with Gasteiger partial charge in [-0.25, -0.2) is 29.0 Å². The zero-order chi connectivity index (χ0) is 23.3. The fourth-order valence-corrected chi connectivity index (χ4v) is 4.04. The fraction of sp³-hybridized carbons (Fsp3) is 0.208. The number of rotatable bonds is 3. The van der Waals surface area contributed by atoms with Crippen LogP contribution >= 0.6 is 0 Å². The first kappa shape index (κ1) is 20.7. The Morgan fingerprint density at radius 3 is 2.30 bits per heavy atom. The van der Waals surface area contributed by atoms with E-state index in [1.165, 1.54) is 18.5 Å². The Bertz CT molecular complexity index is 1480. The Morgan fingerprint density at radius 1 is 0.879 bits per heavy atom. The summed E-state index contributed by atoms with van der Waals surface area (Å²) in [5.74, 6) is 1.17. The molecule has 166 valence electrons. The van der Waals surface area contributed by atoms with Crippen LogP contribution in [0.2, 0.25) is 0 Å². The van der Waals surface area contributed by atoms with Gasteiger partial charge in [0, 0.05) is 41.7 Å². The van der Waals surface area contributed by atoms with Gasteiger partial charge in [0.05, 0.1) is 11.0 Å². The number of halogens is 1. The Hall–Kier alpha value is -4.14. The first-order valence-electron chi connectivity index (χ1n) is 10.5. The summed E-state index contributed by atoms with van der Waals surface area (Å²) in [7, 11) is 1.78. The zero-order valence-electron chi connectivity index (χ0n) is 18.8. The number of fused-ring (bicyclic) bond motifs is 1. The van der Waals surface area contributed by atoms with Crippen molar-refractivity contribution in [1.82, 2.24) is 34.3 Å². The van der Waals surface area contributed by atoms with Crippen LogP contribution in [0.25, 0.3) is 44.9 Å². The molecule has 0 saturated heterocycles. The molecule has 0 spiro atoms. The van der Waals surface area contributed by atoms with Crippen molar-refractivity contribution < 1.29 is 4.39 Å². The minimum Gasteiger partial charge on any atom is -0.368 e. The maximum atomic E-state index is 14.3. The van der Waals surface area contributed by atoms with Crippen LogP contribution < -0.4 is 5.73 Å². The fourth-order valence-electron chi connectivity index (χ4n) is 4.04. The first-order valence-corrected chi connectivity index (χ1v) is 10.5. The Balaban J connectivity index is 1.77. The lowest BCUT2D eigenvalue weighted by Crippen LogP contribution is -2.22. The predicted octanol–water partition coefficient (Wildman–Crippen LogP) is 4.43. The summed E-state index contributed by atoms with van der Waals surface area (Å²) in [4.78, 5) is 17.5. The quantitative estimate of drug-likeness (QED) is 0.444. The van der Waals surface area contributed by atoms with E-state index in [0.29, 0.717) is 11.4 Å². The van der Waals surface area contributed by atoms with Crippen molar-refractivity contribution >= 4 is 17.0 Å². The molecule has 5 rings (SSSR count). The van der Waals surface area contributed by atoms with Gasteiger partial charge >= 0.3 is 0 Å². The molecule has 2 N–H and O–H groups in total. The number of hydrogen-bond donors (Lipinski definition) is 1. The molecule has 0 amide bonds. The lowest BCUT2D eigenvalue weighted by atomic mass is 10.0. The predicted molar refractivity (Wildman–Crippen MR) is 126 cm³/mol. The number of aryl methyl sites for hydroxylation is 1. The molecule has 5 aromatic rings. The summed E-state index contributed by atoms with van der Waals surface area (Å²) in [5, 5.41) is 4.16. The molecule has 8 nitrogen and oxygen atoms in total. The molecule has 3 heterocycles. The standard InChI is InChI=1S/C24H23FN8/c1-24(2,3)33-20-8-5-14(15-11-27-23(26)28-12-15)9-19(20)31-22(33)17-7-6-16(25)10-18(17)21-29-13-30-32(21)4/h5-13H,1-4H3,(H2,26,27,28). The third kappa shape index (κ3) is 3.61. The maximum Gasteiger partial charge on any atom is 0.219 e. The van der Waals surface area contributed by atoms with E-state index in [2.05, 4.69) is 45.4 Å². The average Bonchev–Trinajstić information content (AvgIpc) is 3.36. The second-order valence-electron chi connectivity index (χ2n) is 8.87. The first-order chi connectivity index (χ1) is 15.7. The van der Waals surface area contributed by atoms with Crippen molar-refractivity contribution in [3.63, 3.8) is 0 Å². The summed E-state index contributed by atoms with van der Waals surface area (Å²) in [5.41, 5.74) is 10.3. The third-order valence-corrected chi connectivity index (χ3v) is 5.51. The SMILES string of the molecule is Cn1ncnc1-c1cc(F)ccc1-c1nc2cc(-c3cnc(N)nc3)ccc2n1C(C)(C)C. The van der Waals surface area contributed by atoms with Gasteiger partial charge in [-0.2, -0.15) is 5.10 Å². The number of hydrogen-bond acceptors (Lipinski definition) is 6. The van der Waals surface area contributed by atoms with E-state index in [9.17, 15) is 4.39 Å². The molecular weight excluding hydrogens is 419 g/mol. The highest BCUT2D eigenvalue weighted by Gasteiger charge is 2.25. The summed E-state index contributed by atoms with van der Waals surface area (Å²) >= 11 is 0. The molecule has 0 aliphatic rings. The van der Waals surface area contributed by atoms with Crippen LogP contribution in [-0.2, 0) is 12.6 Å². The maximum absolute atomic E-state index is 14.3. The van der Waals surface area contributed by atoms with E-state index < -0.39 is 0 Å². The summed E-state index contributed by atoms with van der Waals surface area (Å²) in [6.07, 6.45) is 4.84. The smallest absolute Gasteiger partial charge is 0.219 e.